The lowest BCUT2D eigenvalue weighted by Gasteiger charge is -2.38. The van der Waals surface area contributed by atoms with Gasteiger partial charge < -0.3 is 14.8 Å². The standard InChI is InChI=1S/C24H31NO3/c1-7-21(27-18-11-16(3)10-17(4)12-18)23(26)25-20-14-24(5,6)28-22-13-15(2)8-9-19(20)22/h8-13,20-21H,7,14H2,1-6H3,(H,25,26)/t20-,21+/m0/s1. The van der Waals surface area contributed by atoms with Gasteiger partial charge in [-0.25, -0.2) is 0 Å². The molecule has 0 fully saturated rings. The molecule has 4 heteroatoms. The van der Waals surface area contributed by atoms with Crippen molar-refractivity contribution >= 4 is 5.91 Å². The van der Waals surface area contributed by atoms with E-state index < -0.39 is 6.10 Å². The van der Waals surface area contributed by atoms with Crippen LogP contribution < -0.4 is 14.8 Å². The first-order valence-electron chi connectivity index (χ1n) is 10.0. The van der Waals surface area contributed by atoms with E-state index in [1.54, 1.807) is 0 Å². The molecule has 1 heterocycles. The van der Waals surface area contributed by atoms with Gasteiger partial charge in [-0.2, -0.15) is 0 Å². The van der Waals surface area contributed by atoms with Gasteiger partial charge in [-0.15, -0.1) is 0 Å². The maximum Gasteiger partial charge on any atom is 0.261 e. The Morgan fingerprint density at radius 1 is 1.14 bits per heavy atom. The number of carbonyl (C=O) groups excluding carboxylic acids is 1. The number of aryl methyl sites for hydroxylation is 3. The Morgan fingerprint density at radius 3 is 2.46 bits per heavy atom. The van der Waals surface area contributed by atoms with Gasteiger partial charge in [0.15, 0.2) is 6.10 Å². The summed E-state index contributed by atoms with van der Waals surface area (Å²) in [6.45, 7) is 12.2. The minimum absolute atomic E-state index is 0.0871. The first-order chi connectivity index (χ1) is 13.2. The van der Waals surface area contributed by atoms with Crippen LogP contribution in [0.3, 0.4) is 0 Å². The molecular formula is C24H31NO3. The third-order valence-electron chi connectivity index (χ3n) is 5.08. The summed E-state index contributed by atoms with van der Waals surface area (Å²) in [6.07, 6.45) is 0.794. The van der Waals surface area contributed by atoms with E-state index >= 15 is 0 Å². The van der Waals surface area contributed by atoms with Crippen LogP contribution in [0, 0.1) is 20.8 Å². The average molecular weight is 382 g/mol. The molecule has 2 aromatic rings. The second-order valence-corrected chi connectivity index (χ2v) is 8.51. The number of hydrogen-bond acceptors (Lipinski definition) is 3. The highest BCUT2D eigenvalue weighted by molar-refractivity contribution is 5.81. The number of ether oxygens (including phenoxy) is 2. The van der Waals surface area contributed by atoms with Crippen LogP contribution in [-0.2, 0) is 4.79 Å². The normalized spacial score (nSPS) is 18.6. The van der Waals surface area contributed by atoms with Crippen LogP contribution in [0.4, 0.5) is 0 Å². The molecule has 2 aromatic carbocycles. The van der Waals surface area contributed by atoms with E-state index in [4.69, 9.17) is 9.47 Å². The van der Waals surface area contributed by atoms with E-state index in [-0.39, 0.29) is 17.6 Å². The smallest absolute Gasteiger partial charge is 0.261 e. The summed E-state index contributed by atoms with van der Waals surface area (Å²) < 4.78 is 12.2. The first-order valence-corrected chi connectivity index (χ1v) is 10.0. The van der Waals surface area contributed by atoms with Gasteiger partial charge in [-0.3, -0.25) is 4.79 Å². The summed E-state index contributed by atoms with van der Waals surface area (Å²) in [6, 6.07) is 12.1. The van der Waals surface area contributed by atoms with Crippen LogP contribution >= 0.6 is 0 Å². The molecule has 150 valence electrons. The van der Waals surface area contributed by atoms with Gasteiger partial charge in [0.05, 0.1) is 6.04 Å². The van der Waals surface area contributed by atoms with Gasteiger partial charge in [-0.05, 0) is 75.9 Å². The Hall–Kier alpha value is -2.49. The third-order valence-corrected chi connectivity index (χ3v) is 5.08. The lowest BCUT2D eigenvalue weighted by molar-refractivity contribution is -0.129. The maximum absolute atomic E-state index is 13.0. The van der Waals surface area contributed by atoms with E-state index in [1.807, 2.05) is 45.9 Å². The topological polar surface area (TPSA) is 47.6 Å². The fourth-order valence-corrected chi connectivity index (χ4v) is 3.84. The predicted molar refractivity (Wildman–Crippen MR) is 112 cm³/mol. The van der Waals surface area contributed by atoms with Gasteiger partial charge >= 0.3 is 0 Å². The number of amides is 1. The van der Waals surface area contributed by atoms with Crippen molar-refractivity contribution in [2.75, 3.05) is 0 Å². The minimum Gasteiger partial charge on any atom is -0.487 e. The maximum atomic E-state index is 13.0. The quantitative estimate of drug-likeness (QED) is 0.775. The number of carbonyl (C=O) groups is 1. The number of benzene rings is 2. The SMILES string of the molecule is CC[C@@H](Oc1cc(C)cc(C)c1)C(=O)N[C@H]1CC(C)(C)Oc2cc(C)ccc21. The van der Waals surface area contributed by atoms with Crippen molar-refractivity contribution in [3.05, 3.63) is 58.7 Å². The molecule has 1 aliphatic rings. The van der Waals surface area contributed by atoms with Crippen LogP contribution in [0.25, 0.3) is 0 Å². The van der Waals surface area contributed by atoms with Gasteiger partial charge in [0.25, 0.3) is 5.91 Å². The van der Waals surface area contributed by atoms with E-state index in [9.17, 15) is 4.79 Å². The lowest BCUT2D eigenvalue weighted by Crippen LogP contribution is -2.45. The van der Waals surface area contributed by atoms with E-state index in [2.05, 4.69) is 37.4 Å². The summed E-state index contributed by atoms with van der Waals surface area (Å²) in [4.78, 5) is 13.0. The van der Waals surface area contributed by atoms with Crippen molar-refractivity contribution in [3.63, 3.8) is 0 Å². The fraction of sp³-hybridized carbons (Fsp3) is 0.458. The monoisotopic (exact) mass is 381 g/mol. The summed E-state index contributed by atoms with van der Waals surface area (Å²) >= 11 is 0. The molecular weight excluding hydrogens is 350 g/mol. The molecule has 0 aliphatic carbocycles. The lowest BCUT2D eigenvalue weighted by atomic mass is 9.89. The molecule has 0 unspecified atom stereocenters. The largest absolute Gasteiger partial charge is 0.487 e. The number of hydrogen-bond donors (Lipinski definition) is 1. The zero-order chi connectivity index (χ0) is 20.5. The summed E-state index contributed by atoms with van der Waals surface area (Å²) in [5, 5.41) is 3.21. The molecule has 4 nitrogen and oxygen atoms in total. The Bertz CT molecular complexity index is 852. The first kappa shape index (κ1) is 20.2. The Balaban J connectivity index is 1.78. The highest BCUT2D eigenvalue weighted by Crippen LogP contribution is 2.40. The molecule has 1 aliphatic heterocycles. The minimum atomic E-state index is -0.527. The van der Waals surface area contributed by atoms with Crippen LogP contribution in [0.5, 0.6) is 11.5 Å². The number of fused-ring (bicyclic) bond motifs is 1. The summed E-state index contributed by atoms with van der Waals surface area (Å²) in [5.41, 5.74) is 4.08. The second-order valence-electron chi connectivity index (χ2n) is 8.51. The number of nitrogens with one attached hydrogen (secondary N) is 1. The summed E-state index contributed by atoms with van der Waals surface area (Å²) in [7, 11) is 0. The second kappa shape index (κ2) is 7.86. The molecule has 3 rings (SSSR count). The van der Waals surface area contributed by atoms with Crippen LogP contribution in [0.1, 0.15) is 61.9 Å². The van der Waals surface area contributed by atoms with Crippen molar-refractivity contribution in [3.8, 4) is 11.5 Å². The van der Waals surface area contributed by atoms with Gasteiger partial charge in [0.1, 0.15) is 17.1 Å². The molecule has 2 atom stereocenters. The average Bonchev–Trinajstić information content (AvgIpc) is 2.57. The molecule has 0 bridgehead atoms. The summed E-state index contributed by atoms with van der Waals surface area (Å²) in [5.74, 6) is 1.50. The molecule has 1 amide bonds. The van der Waals surface area contributed by atoms with Crippen LogP contribution in [0.15, 0.2) is 36.4 Å². The van der Waals surface area contributed by atoms with Crippen LogP contribution in [0.2, 0.25) is 0 Å². The Morgan fingerprint density at radius 2 is 1.82 bits per heavy atom. The zero-order valence-corrected chi connectivity index (χ0v) is 17.8. The van der Waals surface area contributed by atoms with Gasteiger partial charge in [0, 0.05) is 12.0 Å². The van der Waals surface area contributed by atoms with Crippen molar-refractivity contribution < 1.29 is 14.3 Å². The van der Waals surface area contributed by atoms with Gasteiger partial charge in [-0.1, -0.05) is 25.1 Å². The molecule has 0 saturated carbocycles. The molecule has 0 radical (unpaired) electrons. The molecule has 0 spiro atoms. The molecule has 28 heavy (non-hydrogen) atoms. The van der Waals surface area contributed by atoms with Crippen molar-refractivity contribution in [1.82, 2.24) is 5.32 Å². The Labute approximate surface area is 168 Å². The van der Waals surface area contributed by atoms with Gasteiger partial charge in [0.2, 0.25) is 0 Å². The Kier molecular flexibility index (Phi) is 5.69. The molecule has 1 N–H and O–H groups in total. The molecule has 0 saturated heterocycles. The zero-order valence-electron chi connectivity index (χ0n) is 17.8. The highest BCUT2D eigenvalue weighted by Gasteiger charge is 2.35. The van der Waals surface area contributed by atoms with Crippen LogP contribution in [-0.4, -0.2) is 17.6 Å². The van der Waals surface area contributed by atoms with Crippen molar-refractivity contribution in [2.24, 2.45) is 0 Å². The van der Waals surface area contributed by atoms with E-state index in [0.29, 0.717) is 6.42 Å². The number of rotatable bonds is 5. The fourth-order valence-electron chi connectivity index (χ4n) is 3.84. The molecule has 0 aromatic heterocycles. The predicted octanol–water partition coefficient (Wildman–Crippen LogP) is 5.19. The highest BCUT2D eigenvalue weighted by atomic mass is 16.5. The van der Waals surface area contributed by atoms with Crippen molar-refractivity contribution in [1.29, 1.82) is 0 Å². The third kappa shape index (κ3) is 4.67. The van der Waals surface area contributed by atoms with E-state index in [0.717, 1.165) is 40.2 Å². The van der Waals surface area contributed by atoms with Crippen molar-refractivity contribution in [2.45, 2.75) is 72.1 Å². The van der Waals surface area contributed by atoms with E-state index in [1.165, 1.54) is 0 Å².